The maximum Gasteiger partial charge on any atom is 0.407 e. The molecule has 0 unspecified atom stereocenters. The molecular formula is C34H50N4O6. The van der Waals surface area contributed by atoms with Crippen molar-refractivity contribution in [3.05, 3.63) is 33.7 Å². The molecule has 242 valence electrons. The highest BCUT2D eigenvalue weighted by Gasteiger charge is 2.56. The van der Waals surface area contributed by atoms with E-state index in [9.17, 15) is 29.4 Å². The minimum Gasteiger partial charge on any atom is -0.465 e. The molecule has 44 heavy (non-hydrogen) atoms. The third-order valence-corrected chi connectivity index (χ3v) is 11.7. The van der Waals surface area contributed by atoms with Gasteiger partial charge in [-0.1, -0.05) is 51.9 Å². The molecule has 3 heterocycles. The van der Waals surface area contributed by atoms with Gasteiger partial charge in [0.15, 0.2) is 0 Å². The fourth-order valence-corrected chi connectivity index (χ4v) is 8.80. The summed E-state index contributed by atoms with van der Waals surface area (Å²) in [6.45, 7) is 4.30. The van der Waals surface area contributed by atoms with Gasteiger partial charge in [-0.3, -0.25) is 14.4 Å². The van der Waals surface area contributed by atoms with Crippen LogP contribution in [0.2, 0.25) is 0 Å². The van der Waals surface area contributed by atoms with E-state index in [1.165, 1.54) is 41.6 Å². The molecule has 6 rings (SSSR count). The molecule has 10 nitrogen and oxygen atoms in total. The normalized spacial score (nSPS) is 26.6. The van der Waals surface area contributed by atoms with Crippen LogP contribution in [0.15, 0.2) is 17.1 Å². The number of piperidine rings is 1. The van der Waals surface area contributed by atoms with Crippen LogP contribution >= 0.6 is 0 Å². The van der Waals surface area contributed by atoms with Gasteiger partial charge >= 0.3 is 6.09 Å². The van der Waals surface area contributed by atoms with Crippen molar-refractivity contribution in [1.29, 1.82) is 0 Å². The molecular weight excluding hydrogens is 560 g/mol. The second-order valence-electron chi connectivity index (χ2n) is 14.6. The first-order valence-corrected chi connectivity index (χ1v) is 17.1. The van der Waals surface area contributed by atoms with Gasteiger partial charge in [0.2, 0.25) is 5.91 Å². The quantitative estimate of drug-likeness (QED) is 0.475. The summed E-state index contributed by atoms with van der Waals surface area (Å²) < 4.78 is 1.54. The Hall–Kier alpha value is -2.88. The highest BCUT2D eigenvalue weighted by molar-refractivity contribution is 5.96. The molecule has 2 N–H and O–H groups in total. The third kappa shape index (κ3) is 6.15. The Labute approximate surface area is 260 Å². The number of hydrogen-bond donors (Lipinski definition) is 2. The molecule has 3 amide bonds. The Morgan fingerprint density at radius 1 is 0.886 bits per heavy atom. The predicted molar refractivity (Wildman–Crippen MR) is 166 cm³/mol. The molecule has 5 aliphatic rings. The largest absolute Gasteiger partial charge is 0.465 e. The molecule has 0 radical (unpaired) electrons. The number of carbonyl (C=O) groups is 3. The van der Waals surface area contributed by atoms with E-state index in [1.807, 2.05) is 4.90 Å². The van der Waals surface area contributed by atoms with Gasteiger partial charge in [-0.2, -0.15) is 0 Å². The standard InChI is InChI=1S/C34H50N4O6/c1-24(19-25-7-3-2-4-8-25)30(40)37-14-13-34(44,33(22-37)11-5-6-12-33)23-38-21-28(27(20-29(38)39)26-9-10-26)31(41)35-15-17-36(18-16-35)32(42)43/h20-21,24-26,44H,2-19,22-23H2,1H3,(H,42,43)/t24-,34-/m1/s1. The van der Waals surface area contributed by atoms with Crippen molar-refractivity contribution >= 4 is 17.9 Å². The third-order valence-electron chi connectivity index (χ3n) is 11.7. The molecule has 3 aliphatic carbocycles. The highest BCUT2D eigenvalue weighted by atomic mass is 16.4. The zero-order chi connectivity index (χ0) is 31.1. The van der Waals surface area contributed by atoms with Gasteiger partial charge < -0.3 is 29.5 Å². The lowest BCUT2D eigenvalue weighted by Crippen LogP contribution is -2.62. The van der Waals surface area contributed by atoms with E-state index in [0.717, 1.165) is 50.5 Å². The van der Waals surface area contributed by atoms with Crippen LogP contribution in [0, 0.1) is 17.3 Å². The molecule has 3 saturated carbocycles. The Balaban J connectivity index is 1.21. The Morgan fingerprint density at radius 2 is 1.55 bits per heavy atom. The molecule has 0 aromatic carbocycles. The van der Waals surface area contributed by atoms with E-state index in [0.29, 0.717) is 44.1 Å². The van der Waals surface area contributed by atoms with Gasteiger partial charge in [0.1, 0.15) is 0 Å². The Kier molecular flexibility index (Phi) is 8.83. The number of aliphatic hydroxyl groups is 1. The number of piperazine rings is 1. The van der Waals surface area contributed by atoms with Crippen molar-refractivity contribution < 1.29 is 24.6 Å². The van der Waals surface area contributed by atoms with Gasteiger partial charge in [-0.05, 0) is 55.9 Å². The van der Waals surface area contributed by atoms with Gasteiger partial charge in [-0.15, -0.1) is 0 Å². The second-order valence-corrected chi connectivity index (χ2v) is 14.6. The van der Waals surface area contributed by atoms with Crippen molar-refractivity contribution in [2.24, 2.45) is 17.3 Å². The maximum atomic E-state index is 13.8. The van der Waals surface area contributed by atoms with Crippen LogP contribution in [0.5, 0.6) is 0 Å². The molecule has 10 heteroatoms. The molecule has 1 aromatic rings. The number of nitrogens with zero attached hydrogens (tertiary/aromatic N) is 4. The van der Waals surface area contributed by atoms with Crippen molar-refractivity contribution in [3.63, 3.8) is 0 Å². The van der Waals surface area contributed by atoms with E-state index in [2.05, 4.69) is 6.92 Å². The van der Waals surface area contributed by atoms with Crippen molar-refractivity contribution in [1.82, 2.24) is 19.3 Å². The zero-order valence-electron chi connectivity index (χ0n) is 26.3. The summed E-state index contributed by atoms with van der Waals surface area (Å²) in [5.74, 6) is 0.816. The van der Waals surface area contributed by atoms with Gasteiger partial charge in [0, 0.05) is 62.9 Å². The SMILES string of the molecule is C[C@H](CC1CCCCC1)C(=O)N1CC[C@@](O)(Cn2cc(C(=O)N3CCN(C(=O)O)CC3)c(C3CC3)cc2=O)C2(CCCC2)C1. The number of aromatic nitrogens is 1. The van der Waals surface area contributed by atoms with Crippen LogP contribution in [-0.4, -0.2) is 92.3 Å². The Morgan fingerprint density at radius 3 is 2.18 bits per heavy atom. The number of carboxylic acid groups (broad SMARTS) is 1. The van der Waals surface area contributed by atoms with Crippen molar-refractivity contribution in [2.75, 3.05) is 39.3 Å². The first-order chi connectivity index (χ1) is 21.1. The second kappa shape index (κ2) is 12.5. The fourth-order valence-electron chi connectivity index (χ4n) is 8.80. The van der Waals surface area contributed by atoms with Crippen LogP contribution in [-0.2, 0) is 11.3 Å². The van der Waals surface area contributed by atoms with E-state index in [-0.39, 0.29) is 48.8 Å². The van der Waals surface area contributed by atoms with Crippen LogP contribution in [0.4, 0.5) is 4.79 Å². The molecule has 2 atom stereocenters. The lowest BCUT2D eigenvalue weighted by Gasteiger charge is -2.53. The topological polar surface area (TPSA) is 123 Å². The maximum absolute atomic E-state index is 13.8. The summed E-state index contributed by atoms with van der Waals surface area (Å²) >= 11 is 0. The summed E-state index contributed by atoms with van der Waals surface area (Å²) in [5, 5.41) is 21.7. The summed E-state index contributed by atoms with van der Waals surface area (Å²) in [7, 11) is 0. The van der Waals surface area contributed by atoms with E-state index >= 15 is 0 Å². The zero-order valence-corrected chi connectivity index (χ0v) is 26.3. The number of rotatable bonds is 7. The van der Waals surface area contributed by atoms with Crippen LogP contribution < -0.4 is 5.56 Å². The minimum absolute atomic E-state index is 0.0220. The van der Waals surface area contributed by atoms with Crippen molar-refractivity contribution in [3.8, 4) is 0 Å². The summed E-state index contributed by atoms with van der Waals surface area (Å²) in [6.07, 6.45) is 13.8. The number of hydrogen-bond acceptors (Lipinski definition) is 5. The smallest absolute Gasteiger partial charge is 0.407 e. The molecule has 2 aliphatic heterocycles. The van der Waals surface area contributed by atoms with Crippen molar-refractivity contribution in [2.45, 2.75) is 108 Å². The predicted octanol–water partition coefficient (Wildman–Crippen LogP) is 4.29. The molecule has 5 fully saturated rings. The van der Waals surface area contributed by atoms with E-state index in [4.69, 9.17) is 0 Å². The fraction of sp³-hybridized carbons (Fsp3) is 0.765. The summed E-state index contributed by atoms with van der Waals surface area (Å²) in [6, 6.07) is 1.59. The van der Waals surface area contributed by atoms with Crippen LogP contribution in [0.25, 0.3) is 0 Å². The number of pyridine rings is 1. The van der Waals surface area contributed by atoms with Crippen LogP contribution in [0.1, 0.15) is 112 Å². The van der Waals surface area contributed by atoms with Gasteiger partial charge in [0.05, 0.1) is 17.7 Å². The van der Waals surface area contributed by atoms with Crippen LogP contribution in [0.3, 0.4) is 0 Å². The first-order valence-electron chi connectivity index (χ1n) is 17.1. The number of amides is 3. The molecule has 0 bridgehead atoms. The highest BCUT2D eigenvalue weighted by Crippen LogP contribution is 2.52. The average Bonchev–Trinajstić information content (AvgIpc) is 3.76. The molecule has 2 saturated heterocycles. The van der Waals surface area contributed by atoms with Gasteiger partial charge in [0.25, 0.3) is 11.5 Å². The lowest BCUT2D eigenvalue weighted by atomic mass is 9.65. The lowest BCUT2D eigenvalue weighted by molar-refractivity contribution is -0.163. The number of likely N-dealkylation sites (tertiary alicyclic amines) is 1. The van der Waals surface area contributed by atoms with E-state index in [1.54, 1.807) is 17.2 Å². The minimum atomic E-state index is -1.16. The average molecular weight is 611 g/mol. The summed E-state index contributed by atoms with van der Waals surface area (Å²) in [5.41, 5.74) is -0.584. The summed E-state index contributed by atoms with van der Waals surface area (Å²) in [4.78, 5) is 57.3. The first kappa shape index (κ1) is 31.1. The number of carbonyl (C=O) groups excluding carboxylic acids is 2. The Bertz CT molecular complexity index is 1300. The van der Waals surface area contributed by atoms with E-state index < -0.39 is 17.1 Å². The van der Waals surface area contributed by atoms with Gasteiger partial charge in [-0.25, -0.2) is 4.79 Å². The monoisotopic (exact) mass is 610 g/mol. The molecule has 1 aromatic heterocycles. The molecule has 1 spiro atoms.